The maximum absolute atomic E-state index is 13.1. The molecule has 0 saturated carbocycles. The third-order valence-electron chi connectivity index (χ3n) is 6.33. The monoisotopic (exact) mass is 372 g/mol. The van der Waals surface area contributed by atoms with Gasteiger partial charge in [-0.3, -0.25) is 9.59 Å². The number of amides is 2. The highest BCUT2D eigenvalue weighted by Gasteiger charge is 2.41. The summed E-state index contributed by atoms with van der Waals surface area (Å²) in [4.78, 5) is 29.3. The van der Waals surface area contributed by atoms with Crippen molar-refractivity contribution in [1.29, 1.82) is 0 Å². The lowest BCUT2D eigenvalue weighted by Gasteiger charge is -2.47. The first-order chi connectivity index (χ1) is 13.0. The smallest absolute Gasteiger partial charge is 0.254 e. The van der Waals surface area contributed by atoms with Crippen molar-refractivity contribution in [2.75, 3.05) is 39.9 Å². The lowest BCUT2D eigenvalue weighted by atomic mass is 9.72. The highest BCUT2D eigenvalue weighted by atomic mass is 16.5. The summed E-state index contributed by atoms with van der Waals surface area (Å²) in [7, 11) is 1.70. The largest absolute Gasteiger partial charge is 0.385 e. The molecule has 0 unspecified atom stereocenters. The Balaban J connectivity index is 1.62. The minimum Gasteiger partial charge on any atom is -0.385 e. The molecule has 2 amide bonds. The van der Waals surface area contributed by atoms with Gasteiger partial charge in [-0.2, -0.15) is 0 Å². The molecule has 5 nitrogen and oxygen atoms in total. The fourth-order valence-corrected chi connectivity index (χ4v) is 4.61. The van der Waals surface area contributed by atoms with Crippen LogP contribution in [-0.2, 0) is 9.53 Å². The van der Waals surface area contributed by atoms with Gasteiger partial charge in [0.05, 0.1) is 0 Å². The molecule has 0 N–H and O–H groups in total. The first-order valence-corrected chi connectivity index (χ1v) is 10.1. The molecule has 2 fully saturated rings. The molecule has 5 heteroatoms. The lowest BCUT2D eigenvalue weighted by molar-refractivity contribution is -0.139. The SMILES string of the molecule is COCCCN1CC2(CCC1=O)CCN(C(=O)c1c(C)cccc1C)CC2. The van der Waals surface area contributed by atoms with Crippen molar-refractivity contribution >= 4 is 11.8 Å². The number of benzene rings is 1. The number of hydrogen-bond donors (Lipinski definition) is 0. The summed E-state index contributed by atoms with van der Waals surface area (Å²) in [5.74, 6) is 0.426. The van der Waals surface area contributed by atoms with Gasteiger partial charge < -0.3 is 14.5 Å². The predicted octanol–water partition coefficient (Wildman–Crippen LogP) is 3.18. The average Bonchev–Trinajstić information content (AvgIpc) is 2.65. The molecule has 1 aromatic rings. The number of aryl methyl sites for hydroxylation is 2. The summed E-state index contributed by atoms with van der Waals surface area (Å²) in [6.45, 7) is 7.89. The number of methoxy groups -OCH3 is 1. The van der Waals surface area contributed by atoms with E-state index in [1.807, 2.05) is 41.8 Å². The van der Waals surface area contributed by atoms with Crippen LogP contribution in [0.2, 0.25) is 0 Å². The van der Waals surface area contributed by atoms with Crippen molar-refractivity contribution in [2.24, 2.45) is 5.41 Å². The van der Waals surface area contributed by atoms with Crippen molar-refractivity contribution in [3.8, 4) is 0 Å². The third-order valence-corrected chi connectivity index (χ3v) is 6.33. The number of nitrogens with zero attached hydrogens (tertiary/aromatic N) is 2. The van der Waals surface area contributed by atoms with Crippen molar-refractivity contribution in [1.82, 2.24) is 9.80 Å². The highest BCUT2D eigenvalue weighted by Crippen LogP contribution is 2.40. The molecule has 2 saturated heterocycles. The molecule has 2 heterocycles. The predicted molar refractivity (Wildman–Crippen MR) is 106 cm³/mol. The molecular formula is C22H32N2O3. The average molecular weight is 373 g/mol. The topological polar surface area (TPSA) is 49.9 Å². The molecule has 2 aliphatic heterocycles. The second-order valence-electron chi connectivity index (χ2n) is 8.22. The van der Waals surface area contributed by atoms with Crippen LogP contribution in [0, 0.1) is 19.3 Å². The van der Waals surface area contributed by atoms with Gasteiger partial charge in [0.25, 0.3) is 5.91 Å². The summed E-state index contributed by atoms with van der Waals surface area (Å²) >= 11 is 0. The Morgan fingerprint density at radius 2 is 1.81 bits per heavy atom. The van der Waals surface area contributed by atoms with Crippen LogP contribution in [0.3, 0.4) is 0 Å². The van der Waals surface area contributed by atoms with Crippen molar-refractivity contribution < 1.29 is 14.3 Å². The second-order valence-corrected chi connectivity index (χ2v) is 8.22. The summed E-state index contributed by atoms with van der Waals surface area (Å²) < 4.78 is 5.12. The van der Waals surface area contributed by atoms with Crippen LogP contribution in [0.15, 0.2) is 18.2 Å². The van der Waals surface area contributed by atoms with Gasteiger partial charge in [-0.15, -0.1) is 0 Å². The Morgan fingerprint density at radius 3 is 2.44 bits per heavy atom. The number of carbonyl (C=O) groups is 2. The van der Waals surface area contributed by atoms with Crippen molar-refractivity contribution in [2.45, 2.75) is 46.0 Å². The number of ether oxygens (including phenoxy) is 1. The summed E-state index contributed by atoms with van der Waals surface area (Å²) in [5, 5.41) is 0. The Kier molecular flexibility index (Phi) is 6.20. The van der Waals surface area contributed by atoms with Crippen LogP contribution in [0.5, 0.6) is 0 Å². The molecule has 0 aliphatic carbocycles. The van der Waals surface area contributed by atoms with Gasteiger partial charge in [0, 0.05) is 51.9 Å². The Labute approximate surface area is 162 Å². The van der Waals surface area contributed by atoms with Crippen LogP contribution in [0.25, 0.3) is 0 Å². The minimum absolute atomic E-state index is 0.157. The molecule has 0 bridgehead atoms. The van der Waals surface area contributed by atoms with E-state index in [0.717, 1.165) is 68.6 Å². The zero-order valence-corrected chi connectivity index (χ0v) is 16.9. The highest BCUT2D eigenvalue weighted by molar-refractivity contribution is 5.97. The summed E-state index contributed by atoms with van der Waals surface area (Å²) in [5.41, 5.74) is 3.13. The molecule has 0 aromatic heterocycles. The van der Waals surface area contributed by atoms with E-state index >= 15 is 0 Å². The van der Waals surface area contributed by atoms with Crippen molar-refractivity contribution in [3.05, 3.63) is 34.9 Å². The molecule has 1 spiro atoms. The van der Waals surface area contributed by atoms with Gasteiger partial charge in [0.1, 0.15) is 0 Å². The first kappa shape index (κ1) is 19.9. The number of likely N-dealkylation sites (tertiary alicyclic amines) is 2. The van der Waals surface area contributed by atoms with Gasteiger partial charge in [-0.1, -0.05) is 18.2 Å². The normalized spacial score (nSPS) is 19.6. The van der Waals surface area contributed by atoms with E-state index < -0.39 is 0 Å². The molecule has 0 atom stereocenters. The van der Waals surface area contributed by atoms with E-state index in [2.05, 4.69) is 0 Å². The molecule has 2 aliphatic rings. The lowest BCUT2D eigenvalue weighted by Crippen LogP contribution is -2.52. The molecule has 0 radical (unpaired) electrons. The number of piperidine rings is 2. The maximum atomic E-state index is 13.1. The Bertz CT molecular complexity index is 673. The van der Waals surface area contributed by atoms with E-state index in [1.165, 1.54) is 0 Å². The van der Waals surface area contributed by atoms with Gasteiger partial charge in [-0.25, -0.2) is 0 Å². The molecule has 148 valence electrons. The summed E-state index contributed by atoms with van der Waals surface area (Å²) in [6.07, 6.45) is 4.45. The van der Waals surface area contributed by atoms with Crippen LogP contribution in [0.4, 0.5) is 0 Å². The molecule has 1 aromatic carbocycles. The maximum Gasteiger partial charge on any atom is 0.254 e. The number of rotatable bonds is 5. The van der Waals surface area contributed by atoms with E-state index in [1.54, 1.807) is 7.11 Å². The van der Waals surface area contributed by atoms with E-state index in [4.69, 9.17) is 4.74 Å². The molecule has 27 heavy (non-hydrogen) atoms. The van der Waals surface area contributed by atoms with E-state index in [9.17, 15) is 9.59 Å². The van der Waals surface area contributed by atoms with Crippen LogP contribution in [-0.4, -0.2) is 61.5 Å². The Hall–Kier alpha value is -1.88. The fourth-order valence-electron chi connectivity index (χ4n) is 4.61. The minimum atomic E-state index is 0.157. The third kappa shape index (κ3) is 4.34. The zero-order chi connectivity index (χ0) is 19.4. The van der Waals surface area contributed by atoms with Crippen LogP contribution < -0.4 is 0 Å². The molecular weight excluding hydrogens is 340 g/mol. The molecule has 3 rings (SSSR count). The van der Waals surface area contributed by atoms with Gasteiger partial charge >= 0.3 is 0 Å². The quantitative estimate of drug-likeness (QED) is 0.746. The van der Waals surface area contributed by atoms with Crippen LogP contribution in [0.1, 0.15) is 53.6 Å². The first-order valence-electron chi connectivity index (χ1n) is 10.1. The second kappa shape index (κ2) is 8.42. The van der Waals surface area contributed by atoms with Crippen LogP contribution >= 0.6 is 0 Å². The van der Waals surface area contributed by atoms with E-state index in [0.29, 0.717) is 13.0 Å². The fraction of sp³-hybridized carbons (Fsp3) is 0.636. The van der Waals surface area contributed by atoms with E-state index in [-0.39, 0.29) is 17.2 Å². The zero-order valence-electron chi connectivity index (χ0n) is 16.9. The number of hydrogen-bond acceptors (Lipinski definition) is 3. The standard InChI is InChI=1S/C22H32N2O3/c1-17-6-4-7-18(2)20(17)21(26)23-13-10-22(11-14-23)9-8-19(25)24(16-22)12-5-15-27-3/h4,6-7H,5,8-16H2,1-3H3. The van der Waals surface area contributed by atoms with Crippen molar-refractivity contribution in [3.63, 3.8) is 0 Å². The van der Waals surface area contributed by atoms with Gasteiger partial charge in [0.2, 0.25) is 5.91 Å². The number of carbonyl (C=O) groups excluding carboxylic acids is 2. The Morgan fingerprint density at radius 1 is 1.15 bits per heavy atom. The summed E-state index contributed by atoms with van der Waals surface area (Å²) in [6, 6.07) is 6.02. The van der Waals surface area contributed by atoms with Gasteiger partial charge in [-0.05, 0) is 56.1 Å². The van der Waals surface area contributed by atoms with Gasteiger partial charge in [0.15, 0.2) is 0 Å².